The first kappa shape index (κ1) is 21.3. The molecule has 0 saturated heterocycles. The largest absolute Gasteiger partial charge is 0.503 e. The van der Waals surface area contributed by atoms with Gasteiger partial charge in [-0.2, -0.15) is 13.2 Å². The number of halogens is 5. The number of phenolic OH excluding ortho intramolecular Hbond substituents is 2. The fourth-order valence-electron chi connectivity index (χ4n) is 3.04. The van der Waals surface area contributed by atoms with Crippen LogP contribution in [0.15, 0.2) is 24.4 Å². The van der Waals surface area contributed by atoms with Crippen LogP contribution >= 0.6 is 23.2 Å². The molecule has 1 aliphatic heterocycles. The molecular weight excluding hydrogens is 432 g/mol. The zero-order valence-electron chi connectivity index (χ0n) is 15.0. The Hall–Kier alpha value is -2.45. The van der Waals surface area contributed by atoms with E-state index in [1.807, 2.05) is 0 Å². The smallest absolute Gasteiger partial charge is 0.433 e. The normalized spacial score (nSPS) is 14.7. The van der Waals surface area contributed by atoms with E-state index < -0.39 is 23.4 Å². The number of aromatic nitrogens is 1. The fraction of sp³-hybridized carbons (Fsp3) is 0.263. The monoisotopic (exact) mass is 446 g/mol. The second-order valence-electron chi connectivity index (χ2n) is 6.55. The minimum absolute atomic E-state index is 0.00319. The zero-order chi connectivity index (χ0) is 21.5. The minimum Gasteiger partial charge on any atom is -0.503 e. The highest BCUT2D eigenvalue weighted by Crippen LogP contribution is 2.46. The number of rotatable bonds is 2. The van der Waals surface area contributed by atoms with E-state index in [9.17, 15) is 28.2 Å². The highest BCUT2D eigenvalue weighted by molar-refractivity contribution is 6.36. The molecule has 2 N–H and O–H groups in total. The second-order valence-corrected chi connectivity index (χ2v) is 7.31. The van der Waals surface area contributed by atoms with Gasteiger partial charge in [0.25, 0.3) is 0 Å². The molecule has 1 aliphatic rings. The number of nitrogens with zero attached hydrogens (tertiary/aromatic N) is 2. The van der Waals surface area contributed by atoms with Crippen LogP contribution in [0.2, 0.25) is 10.0 Å². The molecule has 0 saturated carbocycles. The number of allylic oxidation sites excluding steroid dienone is 1. The molecule has 5 nitrogen and oxygen atoms in total. The van der Waals surface area contributed by atoms with Gasteiger partial charge < -0.3 is 15.1 Å². The molecule has 2 heterocycles. The third kappa shape index (κ3) is 4.13. The number of aromatic hydroxyl groups is 2. The summed E-state index contributed by atoms with van der Waals surface area (Å²) in [4.78, 5) is 17.5. The summed E-state index contributed by atoms with van der Waals surface area (Å²) in [7, 11) is 0. The van der Waals surface area contributed by atoms with Gasteiger partial charge in [-0.25, -0.2) is 0 Å². The fourth-order valence-corrected chi connectivity index (χ4v) is 3.60. The van der Waals surface area contributed by atoms with E-state index in [4.69, 9.17) is 23.2 Å². The number of carbonyl (C=O) groups excluding carboxylic acids is 1. The summed E-state index contributed by atoms with van der Waals surface area (Å²) >= 11 is 12.1. The number of carbonyl (C=O) groups is 1. The van der Waals surface area contributed by atoms with Crippen molar-refractivity contribution in [1.82, 2.24) is 9.88 Å². The highest BCUT2D eigenvalue weighted by Gasteiger charge is 2.32. The van der Waals surface area contributed by atoms with Crippen LogP contribution in [-0.4, -0.2) is 32.5 Å². The molecular formula is C19H15Cl2F3N2O3. The topological polar surface area (TPSA) is 73.7 Å². The van der Waals surface area contributed by atoms with Gasteiger partial charge in [-0.1, -0.05) is 29.3 Å². The first-order valence-corrected chi connectivity index (χ1v) is 9.17. The van der Waals surface area contributed by atoms with Crippen LogP contribution in [-0.2, 0) is 23.9 Å². The van der Waals surface area contributed by atoms with Crippen LogP contribution in [0.4, 0.5) is 13.2 Å². The quantitative estimate of drug-likeness (QED) is 0.512. The van der Waals surface area contributed by atoms with Crippen molar-refractivity contribution >= 4 is 34.7 Å². The van der Waals surface area contributed by atoms with Crippen molar-refractivity contribution in [2.45, 2.75) is 26.1 Å². The van der Waals surface area contributed by atoms with Crippen molar-refractivity contribution in [2.24, 2.45) is 0 Å². The number of alkyl halides is 3. The second kappa shape index (κ2) is 7.76. The van der Waals surface area contributed by atoms with E-state index in [0.717, 1.165) is 12.3 Å². The predicted molar refractivity (Wildman–Crippen MR) is 102 cm³/mol. The summed E-state index contributed by atoms with van der Waals surface area (Å²) in [5, 5.41) is 19.6. The molecule has 1 aromatic heterocycles. The summed E-state index contributed by atoms with van der Waals surface area (Å²) in [5.41, 5.74) is 0.812. The number of fused-ring (bicyclic) bond motifs is 1. The van der Waals surface area contributed by atoms with Crippen LogP contribution in [0, 0.1) is 0 Å². The molecule has 2 aromatic rings. The molecule has 0 unspecified atom stereocenters. The van der Waals surface area contributed by atoms with E-state index in [-0.39, 0.29) is 22.5 Å². The van der Waals surface area contributed by atoms with Crippen molar-refractivity contribution in [2.75, 3.05) is 6.54 Å². The van der Waals surface area contributed by atoms with E-state index in [0.29, 0.717) is 35.2 Å². The van der Waals surface area contributed by atoms with Crippen molar-refractivity contribution in [3.05, 3.63) is 56.8 Å². The van der Waals surface area contributed by atoms with Crippen molar-refractivity contribution in [3.8, 4) is 11.5 Å². The van der Waals surface area contributed by atoms with Gasteiger partial charge in [0.2, 0.25) is 5.91 Å². The molecule has 0 radical (unpaired) electrons. The molecule has 0 atom stereocenters. The summed E-state index contributed by atoms with van der Waals surface area (Å²) in [6.07, 6.45) is -1.86. The van der Waals surface area contributed by atoms with Crippen LogP contribution in [0.3, 0.4) is 0 Å². The van der Waals surface area contributed by atoms with Crippen molar-refractivity contribution in [1.29, 1.82) is 0 Å². The Kier molecular flexibility index (Phi) is 5.69. The van der Waals surface area contributed by atoms with Gasteiger partial charge in [-0.15, -0.1) is 0 Å². The van der Waals surface area contributed by atoms with E-state index in [2.05, 4.69) is 4.98 Å². The lowest BCUT2D eigenvalue weighted by molar-refractivity contribution is -0.141. The van der Waals surface area contributed by atoms with Crippen molar-refractivity contribution < 1.29 is 28.2 Å². The Bertz CT molecular complexity index is 1010. The lowest BCUT2D eigenvalue weighted by Crippen LogP contribution is -2.35. The number of hydrogen-bond donors (Lipinski definition) is 2. The van der Waals surface area contributed by atoms with E-state index >= 15 is 0 Å². The predicted octanol–water partition coefficient (Wildman–Crippen LogP) is 4.81. The minimum atomic E-state index is -4.53. The van der Waals surface area contributed by atoms with Gasteiger partial charge in [-0.3, -0.25) is 9.78 Å². The van der Waals surface area contributed by atoms with Gasteiger partial charge in [-0.05, 0) is 41.7 Å². The number of pyridine rings is 1. The third-order valence-electron chi connectivity index (χ3n) is 4.68. The third-order valence-corrected chi connectivity index (χ3v) is 5.49. The van der Waals surface area contributed by atoms with E-state index in [1.54, 1.807) is 6.92 Å². The lowest BCUT2D eigenvalue weighted by Gasteiger charge is -2.30. The molecule has 10 heteroatoms. The lowest BCUT2D eigenvalue weighted by atomic mass is 9.98. The first-order chi connectivity index (χ1) is 13.5. The maximum atomic E-state index is 12.6. The number of hydrogen-bond acceptors (Lipinski definition) is 4. The Balaban J connectivity index is 1.82. The Morgan fingerprint density at radius 1 is 1.17 bits per heavy atom. The van der Waals surface area contributed by atoms with Gasteiger partial charge in [0.05, 0.1) is 10.0 Å². The Morgan fingerprint density at radius 2 is 1.79 bits per heavy atom. The maximum Gasteiger partial charge on any atom is 0.433 e. The summed E-state index contributed by atoms with van der Waals surface area (Å²) in [6.45, 7) is 1.95. The Labute approximate surface area is 174 Å². The SMILES string of the molecule is CC(=CC(=O)N1CCc2c(Cl)c(O)c(O)c(Cl)c2C1)c1ccc(C(F)(F)F)nc1. The average molecular weight is 447 g/mol. The Morgan fingerprint density at radius 3 is 2.34 bits per heavy atom. The first-order valence-electron chi connectivity index (χ1n) is 8.42. The van der Waals surface area contributed by atoms with Crippen LogP contribution in [0.25, 0.3) is 5.57 Å². The van der Waals surface area contributed by atoms with Gasteiger partial charge in [0.15, 0.2) is 11.5 Å². The highest BCUT2D eigenvalue weighted by atomic mass is 35.5. The summed E-state index contributed by atoms with van der Waals surface area (Å²) < 4.78 is 37.9. The molecule has 3 rings (SSSR count). The van der Waals surface area contributed by atoms with Gasteiger partial charge in [0, 0.05) is 25.4 Å². The molecule has 0 spiro atoms. The van der Waals surface area contributed by atoms with E-state index in [1.165, 1.54) is 17.0 Å². The maximum absolute atomic E-state index is 12.6. The van der Waals surface area contributed by atoms with Crippen LogP contribution in [0.5, 0.6) is 11.5 Å². The number of amides is 1. The molecule has 29 heavy (non-hydrogen) atoms. The molecule has 154 valence electrons. The van der Waals surface area contributed by atoms with Gasteiger partial charge >= 0.3 is 6.18 Å². The molecule has 1 aromatic carbocycles. The van der Waals surface area contributed by atoms with Crippen LogP contribution in [0.1, 0.15) is 29.3 Å². The molecule has 1 amide bonds. The molecule has 0 aliphatic carbocycles. The number of benzene rings is 1. The standard InChI is InChI=1S/C19H15Cl2F3N2O3/c1-9(10-2-3-13(25-7-10)19(22,23)24)6-14(27)26-5-4-11-12(8-26)16(21)18(29)17(28)15(11)20/h2-3,6-7,28-29H,4-5,8H2,1H3. The molecule has 0 bridgehead atoms. The zero-order valence-corrected chi connectivity index (χ0v) is 16.5. The average Bonchev–Trinajstić information content (AvgIpc) is 2.69. The molecule has 0 fully saturated rings. The van der Waals surface area contributed by atoms with Crippen molar-refractivity contribution in [3.63, 3.8) is 0 Å². The summed E-state index contributed by atoms with van der Waals surface area (Å²) in [6, 6.07) is 2.10. The van der Waals surface area contributed by atoms with Gasteiger partial charge in [0.1, 0.15) is 5.69 Å². The summed E-state index contributed by atoms with van der Waals surface area (Å²) in [5.74, 6) is -1.43. The van der Waals surface area contributed by atoms with Crippen LogP contribution < -0.4 is 0 Å². The number of phenols is 2.